The molecule has 0 aliphatic rings. The molecule has 5 nitrogen and oxygen atoms in total. The monoisotopic (exact) mass is 321 g/mol. The molecule has 0 saturated carbocycles. The third-order valence-electron chi connectivity index (χ3n) is 3.63. The zero-order valence-corrected chi connectivity index (χ0v) is 13.0. The number of ketones is 1. The lowest BCUT2D eigenvalue weighted by Crippen LogP contribution is -2.09. The molecule has 0 atom stereocenters. The van der Waals surface area contributed by atoms with Gasteiger partial charge in [0.25, 0.3) is 5.56 Å². The first kappa shape index (κ1) is 13.8. The molecule has 2 aromatic heterocycles. The Bertz CT molecular complexity index is 1110. The van der Waals surface area contributed by atoms with E-state index in [1.165, 1.54) is 0 Å². The second-order valence-corrected chi connectivity index (χ2v) is 6.19. The summed E-state index contributed by atoms with van der Waals surface area (Å²) in [7, 11) is 0. The summed E-state index contributed by atoms with van der Waals surface area (Å²) in [6.07, 6.45) is 0. The van der Waals surface area contributed by atoms with E-state index < -0.39 is 0 Å². The average Bonchev–Trinajstić information content (AvgIpc) is 2.99. The van der Waals surface area contributed by atoms with Crippen molar-refractivity contribution in [1.82, 2.24) is 14.6 Å². The summed E-state index contributed by atoms with van der Waals surface area (Å²) in [4.78, 5) is 29.1. The fourth-order valence-electron chi connectivity index (χ4n) is 2.42. The highest BCUT2D eigenvalue weighted by Gasteiger charge is 2.17. The minimum atomic E-state index is -0.307. The summed E-state index contributed by atoms with van der Waals surface area (Å²) >= 11 is 1.12. The Kier molecular flexibility index (Phi) is 3.06. The van der Waals surface area contributed by atoms with Crippen molar-refractivity contribution in [3.63, 3.8) is 0 Å². The van der Waals surface area contributed by atoms with Gasteiger partial charge in [-0.2, -0.15) is 10.1 Å². The molecule has 0 aliphatic carbocycles. The maximum Gasteiger partial charge on any atom is 0.281 e. The molecule has 0 bridgehead atoms. The average molecular weight is 321 g/mol. The summed E-state index contributed by atoms with van der Waals surface area (Å²) in [5.74, 6) is -0.169. The smallest absolute Gasteiger partial charge is 0.281 e. The number of aromatic nitrogens is 3. The summed E-state index contributed by atoms with van der Waals surface area (Å²) in [5.41, 5.74) is 2.01. The van der Waals surface area contributed by atoms with Crippen LogP contribution in [0.3, 0.4) is 0 Å². The van der Waals surface area contributed by atoms with E-state index in [2.05, 4.69) is 10.1 Å². The number of carbonyl (C=O) groups excluding carboxylic acids is 1. The second-order valence-electron chi connectivity index (χ2n) is 5.23. The van der Waals surface area contributed by atoms with Crippen LogP contribution in [-0.4, -0.2) is 20.4 Å². The van der Waals surface area contributed by atoms with Crippen molar-refractivity contribution in [2.24, 2.45) is 0 Å². The molecule has 4 rings (SSSR count). The van der Waals surface area contributed by atoms with Crippen molar-refractivity contribution in [3.8, 4) is 0 Å². The van der Waals surface area contributed by atoms with Gasteiger partial charge in [0.15, 0.2) is 5.01 Å². The molecule has 0 spiro atoms. The van der Waals surface area contributed by atoms with Crippen molar-refractivity contribution in [2.45, 2.75) is 6.92 Å². The van der Waals surface area contributed by atoms with Crippen LogP contribution in [0, 0.1) is 6.92 Å². The molecule has 0 unspecified atom stereocenters. The number of carbonyl (C=O) groups is 1. The quantitative estimate of drug-likeness (QED) is 0.533. The fourth-order valence-corrected chi connectivity index (χ4v) is 3.28. The first-order chi connectivity index (χ1) is 11.1. The molecule has 0 saturated heterocycles. The van der Waals surface area contributed by atoms with Gasteiger partial charge >= 0.3 is 0 Å². The van der Waals surface area contributed by atoms with Gasteiger partial charge in [-0.15, -0.1) is 0 Å². The summed E-state index contributed by atoms with van der Waals surface area (Å²) in [6, 6.07) is 14.4. The minimum Gasteiger partial charge on any atom is -0.286 e. The number of rotatable bonds is 2. The highest BCUT2D eigenvalue weighted by atomic mass is 32.1. The lowest BCUT2D eigenvalue weighted by Gasteiger charge is -1.98. The molecule has 0 fully saturated rings. The van der Waals surface area contributed by atoms with Crippen molar-refractivity contribution in [1.29, 1.82) is 0 Å². The highest BCUT2D eigenvalue weighted by Crippen LogP contribution is 2.19. The highest BCUT2D eigenvalue weighted by molar-refractivity contribution is 7.18. The molecule has 0 radical (unpaired) electrons. The Morgan fingerprint density at radius 1 is 1.09 bits per heavy atom. The third kappa shape index (κ3) is 2.24. The molecule has 2 heterocycles. The minimum absolute atomic E-state index is 0.169. The molecular formula is C17H11N3O2S. The first-order valence-corrected chi connectivity index (χ1v) is 7.85. The molecule has 0 N–H and O–H groups in total. The first-order valence-electron chi connectivity index (χ1n) is 7.03. The SMILES string of the molecule is Cc1ccc(C(=O)c2nn3c(nc(=O)c4ccccc43)s2)cc1. The normalized spacial score (nSPS) is 11.2. The largest absolute Gasteiger partial charge is 0.286 e. The lowest BCUT2D eigenvalue weighted by molar-refractivity contribution is 0.103. The molecule has 23 heavy (non-hydrogen) atoms. The van der Waals surface area contributed by atoms with Gasteiger partial charge in [-0.1, -0.05) is 53.3 Å². The van der Waals surface area contributed by atoms with Crippen LogP contribution in [-0.2, 0) is 0 Å². The fraction of sp³-hybridized carbons (Fsp3) is 0.0588. The Morgan fingerprint density at radius 3 is 2.61 bits per heavy atom. The Balaban J connectivity index is 1.92. The molecule has 0 aliphatic heterocycles. The van der Waals surface area contributed by atoms with Gasteiger partial charge in [-0.25, -0.2) is 4.52 Å². The number of benzene rings is 2. The predicted molar refractivity (Wildman–Crippen MR) is 89.3 cm³/mol. The van der Waals surface area contributed by atoms with Crippen molar-refractivity contribution in [3.05, 3.63) is 75.0 Å². The zero-order chi connectivity index (χ0) is 16.0. The van der Waals surface area contributed by atoms with E-state index in [1.807, 2.05) is 25.1 Å². The van der Waals surface area contributed by atoms with Crippen LogP contribution in [0.1, 0.15) is 20.9 Å². The number of nitrogens with zero attached hydrogens (tertiary/aromatic N) is 3. The third-order valence-corrected chi connectivity index (χ3v) is 4.54. The van der Waals surface area contributed by atoms with E-state index >= 15 is 0 Å². The van der Waals surface area contributed by atoms with E-state index in [4.69, 9.17) is 0 Å². The summed E-state index contributed by atoms with van der Waals surface area (Å²) in [5, 5.41) is 5.17. The van der Waals surface area contributed by atoms with Gasteiger partial charge in [0.2, 0.25) is 10.7 Å². The maximum absolute atomic E-state index is 12.6. The van der Waals surface area contributed by atoms with Crippen LogP contribution in [0.2, 0.25) is 0 Å². The molecule has 6 heteroatoms. The van der Waals surface area contributed by atoms with E-state index in [0.717, 1.165) is 16.9 Å². The van der Waals surface area contributed by atoms with Gasteiger partial charge in [0, 0.05) is 5.56 Å². The van der Waals surface area contributed by atoms with Crippen molar-refractivity contribution in [2.75, 3.05) is 0 Å². The summed E-state index contributed by atoms with van der Waals surface area (Å²) in [6.45, 7) is 1.97. The Labute approximate surface area is 134 Å². The Morgan fingerprint density at radius 2 is 1.83 bits per heavy atom. The molecule has 2 aromatic carbocycles. The summed E-state index contributed by atoms with van der Waals surface area (Å²) < 4.78 is 1.56. The topological polar surface area (TPSA) is 64.3 Å². The van der Waals surface area contributed by atoms with Crippen LogP contribution < -0.4 is 5.56 Å². The van der Waals surface area contributed by atoms with Gasteiger partial charge < -0.3 is 0 Å². The second kappa shape index (κ2) is 5.10. The van der Waals surface area contributed by atoms with Crippen LogP contribution in [0.4, 0.5) is 0 Å². The van der Waals surface area contributed by atoms with E-state index in [0.29, 0.717) is 26.4 Å². The van der Waals surface area contributed by atoms with Crippen molar-refractivity contribution >= 4 is 33.0 Å². The molecule has 4 aromatic rings. The van der Waals surface area contributed by atoms with Crippen LogP contribution in [0.25, 0.3) is 15.9 Å². The maximum atomic E-state index is 12.6. The van der Waals surface area contributed by atoms with Crippen LogP contribution >= 0.6 is 11.3 Å². The number of aryl methyl sites for hydroxylation is 1. The molecule has 112 valence electrons. The number of hydrogen-bond donors (Lipinski definition) is 0. The van der Waals surface area contributed by atoms with E-state index in [1.54, 1.807) is 34.8 Å². The van der Waals surface area contributed by atoms with Crippen molar-refractivity contribution < 1.29 is 4.79 Å². The van der Waals surface area contributed by atoms with Gasteiger partial charge in [-0.3, -0.25) is 9.59 Å². The van der Waals surface area contributed by atoms with E-state index in [-0.39, 0.29) is 11.3 Å². The van der Waals surface area contributed by atoms with Crippen LogP contribution in [0.15, 0.2) is 53.3 Å². The standard InChI is InChI=1S/C17H11N3O2S/c1-10-6-8-11(9-7-10)14(21)16-19-20-13-5-3-2-4-12(13)15(22)18-17(20)23-16/h2-9H,1H3. The number of hydrogen-bond acceptors (Lipinski definition) is 5. The lowest BCUT2D eigenvalue weighted by atomic mass is 10.1. The van der Waals surface area contributed by atoms with Gasteiger partial charge in [0.05, 0.1) is 10.9 Å². The number of para-hydroxylation sites is 1. The van der Waals surface area contributed by atoms with Crippen LogP contribution in [0.5, 0.6) is 0 Å². The zero-order valence-electron chi connectivity index (χ0n) is 12.2. The predicted octanol–water partition coefficient (Wildman–Crippen LogP) is 2.84. The van der Waals surface area contributed by atoms with Gasteiger partial charge in [0.1, 0.15) is 0 Å². The molecule has 0 amide bonds. The Hall–Kier alpha value is -2.86. The van der Waals surface area contributed by atoms with Gasteiger partial charge in [-0.05, 0) is 19.1 Å². The number of fused-ring (bicyclic) bond motifs is 3. The van der Waals surface area contributed by atoms with E-state index in [9.17, 15) is 9.59 Å². The molecular weight excluding hydrogens is 310 g/mol.